The number of carbonyl (C=O) groups excluding carboxylic acids is 3. The first-order valence-electron chi connectivity index (χ1n) is 5.71. The molecule has 0 saturated heterocycles. The number of carbonyl (C=O) groups is 3. The lowest BCUT2D eigenvalue weighted by atomic mass is 10.1. The van der Waals surface area contributed by atoms with E-state index in [1.807, 2.05) is 0 Å². The van der Waals surface area contributed by atoms with E-state index in [0.717, 1.165) is 0 Å². The molecular formula is C11H20N2O5. The molecule has 0 aliphatic carbocycles. The maximum atomic E-state index is 11.1. The van der Waals surface area contributed by atoms with Gasteiger partial charge in [0, 0.05) is 13.8 Å². The van der Waals surface area contributed by atoms with Gasteiger partial charge in [-0.05, 0) is 12.8 Å². The Balaban J connectivity index is 3.99. The highest BCUT2D eigenvalue weighted by Crippen LogP contribution is 2.00. The molecule has 1 atom stereocenters. The molecule has 0 aromatic heterocycles. The molecule has 0 radical (unpaired) electrons. The molecule has 0 aliphatic rings. The molecule has 1 amide bonds. The van der Waals surface area contributed by atoms with Crippen molar-refractivity contribution in [3.8, 4) is 0 Å². The fourth-order valence-electron chi connectivity index (χ4n) is 1.25. The largest absolute Gasteiger partial charge is 0.466 e. The molecule has 0 saturated carbocycles. The topological polar surface area (TPSA) is 108 Å². The summed E-state index contributed by atoms with van der Waals surface area (Å²) in [6.07, 6.45) is 1.10. The molecular weight excluding hydrogens is 240 g/mol. The molecule has 0 aromatic carbocycles. The lowest BCUT2D eigenvalue weighted by Crippen LogP contribution is -2.41. The molecule has 0 bridgehead atoms. The van der Waals surface area contributed by atoms with Gasteiger partial charge in [0.25, 0.3) is 0 Å². The molecule has 104 valence electrons. The average molecular weight is 260 g/mol. The second-order valence-corrected chi connectivity index (χ2v) is 3.75. The number of amides is 1. The van der Waals surface area contributed by atoms with Crippen molar-refractivity contribution >= 4 is 17.8 Å². The van der Waals surface area contributed by atoms with Gasteiger partial charge >= 0.3 is 11.9 Å². The van der Waals surface area contributed by atoms with Crippen molar-refractivity contribution in [3.05, 3.63) is 0 Å². The highest BCUT2D eigenvalue weighted by atomic mass is 16.5. The Labute approximate surface area is 106 Å². The van der Waals surface area contributed by atoms with Gasteiger partial charge in [-0.3, -0.25) is 14.4 Å². The van der Waals surface area contributed by atoms with Crippen LogP contribution < -0.4 is 11.1 Å². The number of hydrogen-bond acceptors (Lipinski definition) is 6. The minimum atomic E-state index is -0.415. The number of esters is 2. The number of rotatable bonds is 8. The van der Waals surface area contributed by atoms with Crippen LogP contribution in [0.15, 0.2) is 0 Å². The Kier molecular flexibility index (Phi) is 8.55. The lowest BCUT2D eigenvalue weighted by molar-refractivity contribution is -0.142. The summed E-state index contributed by atoms with van der Waals surface area (Å²) < 4.78 is 9.59. The number of nitrogens with two attached hydrogens (primary N) is 1. The summed E-state index contributed by atoms with van der Waals surface area (Å²) in [5.74, 6) is -1.08. The van der Waals surface area contributed by atoms with E-state index in [1.165, 1.54) is 13.8 Å². The Morgan fingerprint density at radius 2 is 1.78 bits per heavy atom. The summed E-state index contributed by atoms with van der Waals surface area (Å²) in [6.45, 7) is 2.85. The Hall–Kier alpha value is -1.63. The minimum Gasteiger partial charge on any atom is -0.466 e. The molecule has 0 heterocycles. The molecule has 0 aromatic rings. The Morgan fingerprint density at radius 3 is 2.28 bits per heavy atom. The van der Waals surface area contributed by atoms with E-state index >= 15 is 0 Å². The van der Waals surface area contributed by atoms with E-state index in [4.69, 9.17) is 15.2 Å². The second-order valence-electron chi connectivity index (χ2n) is 3.75. The molecule has 0 fully saturated rings. The molecule has 0 rings (SSSR count). The predicted molar refractivity (Wildman–Crippen MR) is 63.5 cm³/mol. The summed E-state index contributed by atoms with van der Waals surface area (Å²) in [5, 5.41) is 2.63. The van der Waals surface area contributed by atoms with Crippen molar-refractivity contribution in [1.29, 1.82) is 0 Å². The molecule has 18 heavy (non-hydrogen) atoms. The third-order valence-corrected chi connectivity index (χ3v) is 2.04. The van der Waals surface area contributed by atoms with Gasteiger partial charge in [0.05, 0.1) is 19.2 Å². The maximum Gasteiger partial charge on any atom is 0.302 e. The highest BCUT2D eigenvalue weighted by molar-refractivity contribution is 5.78. The van der Waals surface area contributed by atoms with E-state index in [1.54, 1.807) is 0 Å². The zero-order chi connectivity index (χ0) is 14.0. The second kappa shape index (κ2) is 9.41. The van der Waals surface area contributed by atoms with Gasteiger partial charge in [0.15, 0.2) is 0 Å². The normalized spacial score (nSPS) is 11.5. The summed E-state index contributed by atoms with van der Waals surface area (Å²) in [7, 11) is 0. The Bertz CT molecular complexity index is 293. The Morgan fingerprint density at radius 1 is 1.17 bits per heavy atom. The van der Waals surface area contributed by atoms with E-state index < -0.39 is 5.97 Å². The zero-order valence-corrected chi connectivity index (χ0v) is 10.7. The van der Waals surface area contributed by atoms with Crippen LogP contribution in [-0.2, 0) is 23.9 Å². The van der Waals surface area contributed by atoms with Crippen molar-refractivity contribution in [2.45, 2.75) is 32.7 Å². The number of hydrogen-bond donors (Lipinski definition) is 2. The van der Waals surface area contributed by atoms with E-state index in [0.29, 0.717) is 12.8 Å². The van der Waals surface area contributed by atoms with E-state index in [-0.39, 0.29) is 37.7 Å². The van der Waals surface area contributed by atoms with Crippen LogP contribution in [0.25, 0.3) is 0 Å². The van der Waals surface area contributed by atoms with Crippen LogP contribution in [0.5, 0.6) is 0 Å². The quantitative estimate of drug-likeness (QED) is 0.443. The van der Waals surface area contributed by atoms with E-state index in [2.05, 4.69) is 5.32 Å². The molecule has 3 N–H and O–H groups in total. The first kappa shape index (κ1) is 16.4. The van der Waals surface area contributed by atoms with Crippen molar-refractivity contribution < 1.29 is 23.9 Å². The third kappa shape index (κ3) is 9.59. The van der Waals surface area contributed by atoms with Gasteiger partial charge in [-0.2, -0.15) is 0 Å². The number of nitrogens with one attached hydrogen (secondary N) is 1. The van der Waals surface area contributed by atoms with Crippen molar-refractivity contribution in [3.63, 3.8) is 0 Å². The molecule has 7 heteroatoms. The highest BCUT2D eigenvalue weighted by Gasteiger charge is 2.13. The van der Waals surface area contributed by atoms with Crippen LogP contribution in [0.4, 0.5) is 0 Å². The fraction of sp³-hybridized carbons (Fsp3) is 0.727. The summed E-state index contributed by atoms with van der Waals surface area (Å²) in [5.41, 5.74) is 5.18. The van der Waals surface area contributed by atoms with Gasteiger partial charge in [0.1, 0.15) is 6.61 Å². The third-order valence-electron chi connectivity index (χ3n) is 2.04. The first-order chi connectivity index (χ1) is 8.45. The minimum absolute atomic E-state index is 0.0845. The summed E-state index contributed by atoms with van der Waals surface area (Å²) in [6, 6.07) is -0.319. The molecule has 0 spiro atoms. The summed E-state index contributed by atoms with van der Waals surface area (Å²) in [4.78, 5) is 32.4. The van der Waals surface area contributed by atoms with Gasteiger partial charge in [-0.15, -0.1) is 0 Å². The predicted octanol–water partition coefficient (Wildman–Crippen LogP) is -0.664. The van der Waals surface area contributed by atoms with Crippen molar-refractivity contribution in [2.24, 2.45) is 5.73 Å². The smallest absolute Gasteiger partial charge is 0.302 e. The van der Waals surface area contributed by atoms with Crippen LogP contribution in [0, 0.1) is 0 Å². The molecule has 0 unspecified atom stereocenters. The maximum absolute atomic E-state index is 11.1. The van der Waals surface area contributed by atoms with Gasteiger partial charge < -0.3 is 20.5 Å². The molecule has 0 aliphatic heterocycles. The van der Waals surface area contributed by atoms with E-state index in [9.17, 15) is 14.4 Å². The van der Waals surface area contributed by atoms with Crippen LogP contribution in [0.1, 0.15) is 26.7 Å². The van der Waals surface area contributed by atoms with Crippen molar-refractivity contribution in [1.82, 2.24) is 5.32 Å². The van der Waals surface area contributed by atoms with Gasteiger partial charge in [-0.1, -0.05) is 0 Å². The van der Waals surface area contributed by atoms with Gasteiger partial charge in [0.2, 0.25) is 5.91 Å². The summed E-state index contributed by atoms with van der Waals surface area (Å²) >= 11 is 0. The SMILES string of the molecule is CC(=O)OCCC[C@@H](COC(C)=O)NC(=O)CN. The lowest BCUT2D eigenvalue weighted by Gasteiger charge is -2.17. The standard InChI is InChI=1S/C11H20N2O5/c1-8(14)17-5-3-4-10(7-18-9(2)15)13-11(16)6-12/h10H,3-7,12H2,1-2H3,(H,13,16)/t10-/m0/s1. The van der Waals surface area contributed by atoms with Gasteiger partial charge in [-0.25, -0.2) is 0 Å². The number of ether oxygens (including phenoxy) is 2. The van der Waals surface area contributed by atoms with Crippen LogP contribution in [-0.4, -0.2) is 43.6 Å². The molecule has 7 nitrogen and oxygen atoms in total. The average Bonchev–Trinajstić information content (AvgIpc) is 2.30. The monoisotopic (exact) mass is 260 g/mol. The van der Waals surface area contributed by atoms with Crippen molar-refractivity contribution in [2.75, 3.05) is 19.8 Å². The first-order valence-corrected chi connectivity index (χ1v) is 5.71. The zero-order valence-electron chi connectivity index (χ0n) is 10.7. The fourth-order valence-corrected chi connectivity index (χ4v) is 1.25. The van der Waals surface area contributed by atoms with Crippen LogP contribution in [0.3, 0.4) is 0 Å². The van der Waals surface area contributed by atoms with Crippen LogP contribution in [0.2, 0.25) is 0 Å². The van der Waals surface area contributed by atoms with Crippen LogP contribution >= 0.6 is 0 Å².